The summed E-state index contributed by atoms with van der Waals surface area (Å²) >= 11 is 6.24. The summed E-state index contributed by atoms with van der Waals surface area (Å²) < 4.78 is 23.2. The van der Waals surface area contributed by atoms with E-state index in [1.807, 2.05) is 12.1 Å². The molecule has 1 aromatic rings. The van der Waals surface area contributed by atoms with Crippen LogP contribution in [-0.2, 0) is 16.3 Å². The van der Waals surface area contributed by atoms with Gasteiger partial charge in [-0.2, -0.15) is 0 Å². The number of hydrogen-bond acceptors (Lipinski definition) is 2. The van der Waals surface area contributed by atoms with Crippen molar-refractivity contribution >= 4 is 21.4 Å². The molecule has 0 bridgehead atoms. The molecule has 0 fully saturated rings. The highest BCUT2D eigenvalue weighted by molar-refractivity contribution is 7.90. The maximum atomic E-state index is 11.6. The van der Waals surface area contributed by atoms with Crippen molar-refractivity contribution in [3.8, 4) is 0 Å². The molecule has 96 valence electrons. The lowest BCUT2D eigenvalue weighted by atomic mass is 10.0. The molecule has 0 amide bonds. The predicted molar refractivity (Wildman–Crippen MR) is 72.4 cm³/mol. The minimum absolute atomic E-state index is 0.0158. The van der Waals surface area contributed by atoms with E-state index in [4.69, 9.17) is 11.6 Å². The Morgan fingerprint density at radius 2 is 1.82 bits per heavy atom. The van der Waals surface area contributed by atoms with Gasteiger partial charge in [-0.15, -0.1) is 11.6 Å². The van der Waals surface area contributed by atoms with Gasteiger partial charge in [-0.25, -0.2) is 8.42 Å². The van der Waals surface area contributed by atoms with Crippen molar-refractivity contribution in [2.45, 2.75) is 37.0 Å². The summed E-state index contributed by atoms with van der Waals surface area (Å²) in [6.07, 6.45) is 2.72. The molecule has 0 heterocycles. The number of sulfone groups is 1. The summed E-state index contributed by atoms with van der Waals surface area (Å²) in [5.41, 5.74) is 0.815. The molecule has 0 aliphatic rings. The molecule has 4 heteroatoms. The summed E-state index contributed by atoms with van der Waals surface area (Å²) in [5.74, 6) is 0.517. The molecule has 0 saturated heterocycles. The monoisotopic (exact) mass is 274 g/mol. The van der Waals surface area contributed by atoms with Crippen molar-refractivity contribution in [3.63, 3.8) is 0 Å². The van der Waals surface area contributed by atoms with Crippen molar-refractivity contribution in [3.05, 3.63) is 29.8 Å². The van der Waals surface area contributed by atoms with Crippen LogP contribution in [0.15, 0.2) is 29.2 Å². The van der Waals surface area contributed by atoms with Crippen LogP contribution >= 0.6 is 11.6 Å². The molecule has 0 N–H and O–H groups in total. The van der Waals surface area contributed by atoms with Crippen LogP contribution in [0.1, 0.15) is 25.8 Å². The summed E-state index contributed by atoms with van der Waals surface area (Å²) in [7, 11) is -3.17. The smallest absolute Gasteiger partial charge is 0.175 e. The van der Waals surface area contributed by atoms with Crippen molar-refractivity contribution in [2.24, 2.45) is 5.92 Å². The number of halogens is 1. The molecule has 0 radical (unpaired) electrons. The van der Waals surface area contributed by atoms with Gasteiger partial charge in [0.05, 0.1) is 4.90 Å². The van der Waals surface area contributed by atoms with E-state index >= 15 is 0 Å². The number of hydrogen-bond donors (Lipinski definition) is 0. The Morgan fingerprint density at radius 1 is 1.24 bits per heavy atom. The highest BCUT2D eigenvalue weighted by Gasteiger charge is 2.16. The van der Waals surface area contributed by atoms with E-state index in [2.05, 4.69) is 13.8 Å². The molecule has 0 saturated carbocycles. The minimum atomic E-state index is -3.17. The maximum Gasteiger partial charge on any atom is 0.175 e. The molecule has 0 aliphatic carbocycles. The molecule has 17 heavy (non-hydrogen) atoms. The van der Waals surface area contributed by atoms with Crippen LogP contribution in [0.4, 0.5) is 0 Å². The van der Waals surface area contributed by atoms with Gasteiger partial charge < -0.3 is 0 Å². The summed E-state index contributed by atoms with van der Waals surface area (Å²) in [4.78, 5) is 0.398. The largest absolute Gasteiger partial charge is 0.224 e. The van der Waals surface area contributed by atoms with E-state index in [1.165, 1.54) is 6.26 Å². The molecule has 1 atom stereocenters. The lowest BCUT2D eigenvalue weighted by molar-refractivity contribution is 0.559. The SMILES string of the molecule is CC(C)CC(Cl)Cc1ccccc1S(C)(=O)=O. The second kappa shape index (κ2) is 5.87. The van der Waals surface area contributed by atoms with Gasteiger partial charge in [0.2, 0.25) is 0 Å². The standard InChI is InChI=1S/C13H19ClO2S/c1-10(2)8-12(14)9-11-6-4-5-7-13(11)17(3,15)16/h4-7,10,12H,8-9H2,1-3H3. The summed E-state index contributed by atoms with van der Waals surface area (Å²) in [6.45, 7) is 4.22. The van der Waals surface area contributed by atoms with Gasteiger partial charge in [-0.1, -0.05) is 32.0 Å². The highest BCUT2D eigenvalue weighted by atomic mass is 35.5. The molecule has 2 nitrogen and oxygen atoms in total. The van der Waals surface area contributed by atoms with Crippen LogP contribution in [0.3, 0.4) is 0 Å². The number of alkyl halides is 1. The topological polar surface area (TPSA) is 34.1 Å². The first-order valence-electron chi connectivity index (χ1n) is 5.72. The fourth-order valence-electron chi connectivity index (χ4n) is 1.87. The van der Waals surface area contributed by atoms with Crippen LogP contribution in [0.25, 0.3) is 0 Å². The predicted octanol–water partition coefficient (Wildman–Crippen LogP) is 3.29. The summed E-state index contributed by atoms with van der Waals surface area (Å²) in [6, 6.07) is 7.07. The first kappa shape index (κ1) is 14.5. The Bertz CT molecular complexity index is 466. The molecule has 1 rings (SSSR count). The molecule has 0 spiro atoms. The van der Waals surface area contributed by atoms with Crippen molar-refractivity contribution < 1.29 is 8.42 Å². The first-order chi connectivity index (χ1) is 7.80. The second-order valence-corrected chi connectivity index (χ2v) is 7.41. The Labute approximate surface area is 109 Å². The molecule has 1 unspecified atom stereocenters. The molecule has 0 aromatic heterocycles. The van der Waals surface area contributed by atoms with Gasteiger partial charge in [0.1, 0.15) is 0 Å². The van der Waals surface area contributed by atoms with E-state index in [9.17, 15) is 8.42 Å². The van der Waals surface area contributed by atoms with E-state index in [-0.39, 0.29) is 5.38 Å². The Kier molecular flexibility index (Phi) is 5.02. The Morgan fingerprint density at radius 3 is 2.35 bits per heavy atom. The van der Waals surface area contributed by atoms with Crippen LogP contribution in [0.2, 0.25) is 0 Å². The van der Waals surface area contributed by atoms with Crippen molar-refractivity contribution in [1.29, 1.82) is 0 Å². The Hall–Kier alpha value is -0.540. The second-order valence-electron chi connectivity index (χ2n) is 4.81. The highest BCUT2D eigenvalue weighted by Crippen LogP contribution is 2.21. The third-order valence-corrected chi connectivity index (χ3v) is 4.07. The lowest BCUT2D eigenvalue weighted by Crippen LogP contribution is -2.10. The average Bonchev–Trinajstić information content (AvgIpc) is 2.15. The molecule has 1 aromatic carbocycles. The minimum Gasteiger partial charge on any atom is -0.224 e. The fraction of sp³-hybridized carbons (Fsp3) is 0.538. The van der Waals surface area contributed by atoms with Crippen LogP contribution < -0.4 is 0 Å². The van der Waals surface area contributed by atoms with Crippen LogP contribution in [0.5, 0.6) is 0 Å². The van der Waals surface area contributed by atoms with Gasteiger partial charge in [0.25, 0.3) is 0 Å². The molecular weight excluding hydrogens is 256 g/mol. The lowest BCUT2D eigenvalue weighted by Gasteiger charge is -2.14. The third-order valence-electron chi connectivity index (χ3n) is 2.54. The van der Waals surface area contributed by atoms with Gasteiger partial charge in [0.15, 0.2) is 9.84 Å². The first-order valence-corrected chi connectivity index (χ1v) is 8.05. The van der Waals surface area contributed by atoms with Gasteiger partial charge in [0, 0.05) is 11.6 Å². The number of rotatable bonds is 5. The quantitative estimate of drug-likeness (QED) is 0.772. The van der Waals surface area contributed by atoms with Gasteiger partial charge in [-0.05, 0) is 30.4 Å². The zero-order valence-corrected chi connectivity index (χ0v) is 12.1. The van der Waals surface area contributed by atoms with E-state index in [1.54, 1.807) is 12.1 Å². The van der Waals surface area contributed by atoms with E-state index in [0.717, 1.165) is 12.0 Å². The van der Waals surface area contributed by atoms with Crippen molar-refractivity contribution in [2.75, 3.05) is 6.26 Å². The van der Waals surface area contributed by atoms with Gasteiger partial charge >= 0.3 is 0 Å². The van der Waals surface area contributed by atoms with E-state index < -0.39 is 9.84 Å². The molecule has 0 aliphatic heterocycles. The number of benzene rings is 1. The molecular formula is C13H19ClO2S. The van der Waals surface area contributed by atoms with Crippen LogP contribution in [-0.4, -0.2) is 20.1 Å². The van der Waals surface area contributed by atoms with Crippen molar-refractivity contribution in [1.82, 2.24) is 0 Å². The van der Waals surface area contributed by atoms with Gasteiger partial charge in [-0.3, -0.25) is 0 Å². The maximum absolute atomic E-state index is 11.6. The van der Waals surface area contributed by atoms with E-state index in [0.29, 0.717) is 17.2 Å². The zero-order valence-electron chi connectivity index (χ0n) is 10.5. The fourth-order valence-corrected chi connectivity index (χ4v) is 3.34. The zero-order chi connectivity index (χ0) is 13.1. The normalized spacial score (nSPS) is 13.9. The average molecular weight is 275 g/mol. The van der Waals surface area contributed by atoms with Crippen LogP contribution in [0, 0.1) is 5.92 Å². The summed E-state index contributed by atoms with van der Waals surface area (Å²) in [5, 5.41) is -0.0158. The Balaban J connectivity index is 2.92. The third kappa shape index (κ3) is 4.68.